The van der Waals surface area contributed by atoms with E-state index in [-0.39, 0.29) is 23.9 Å². The van der Waals surface area contributed by atoms with Crippen LogP contribution >= 0.6 is 0 Å². The monoisotopic (exact) mass is 265 g/mol. The third-order valence-electron chi connectivity index (χ3n) is 2.99. The summed E-state index contributed by atoms with van der Waals surface area (Å²) in [6.07, 6.45) is 1.60. The molecule has 1 amide bonds. The van der Waals surface area contributed by atoms with Crippen molar-refractivity contribution in [2.75, 3.05) is 13.2 Å². The number of nitrogens with one attached hydrogen (secondary N) is 1. The first-order valence-electron chi connectivity index (χ1n) is 6.66. The van der Waals surface area contributed by atoms with Gasteiger partial charge >= 0.3 is 6.09 Å². The SMILES string of the molecule is CCCCNC(=O)OCC(C)(C)c1cccc(O)c1. The zero-order valence-corrected chi connectivity index (χ0v) is 11.9. The molecule has 1 aromatic carbocycles. The number of carbonyl (C=O) groups excluding carboxylic acids is 1. The van der Waals surface area contributed by atoms with Crippen LogP contribution in [0.2, 0.25) is 0 Å². The molecule has 4 heteroatoms. The van der Waals surface area contributed by atoms with Gasteiger partial charge in [-0.1, -0.05) is 39.3 Å². The number of carbonyl (C=O) groups is 1. The van der Waals surface area contributed by atoms with Crippen LogP contribution in [0.4, 0.5) is 4.79 Å². The van der Waals surface area contributed by atoms with Crippen molar-refractivity contribution in [3.63, 3.8) is 0 Å². The lowest BCUT2D eigenvalue weighted by Gasteiger charge is -2.25. The molecule has 2 N–H and O–H groups in total. The van der Waals surface area contributed by atoms with Crippen LogP contribution in [0.1, 0.15) is 39.2 Å². The van der Waals surface area contributed by atoms with Gasteiger partial charge in [0.1, 0.15) is 12.4 Å². The normalized spacial score (nSPS) is 11.1. The molecular weight excluding hydrogens is 242 g/mol. The molecule has 0 radical (unpaired) electrons. The summed E-state index contributed by atoms with van der Waals surface area (Å²) in [7, 11) is 0. The highest BCUT2D eigenvalue weighted by Gasteiger charge is 2.23. The van der Waals surface area contributed by atoms with Crippen molar-refractivity contribution in [2.45, 2.75) is 39.0 Å². The second kappa shape index (κ2) is 7.02. The van der Waals surface area contributed by atoms with E-state index in [0.717, 1.165) is 18.4 Å². The molecule has 0 aliphatic heterocycles. The van der Waals surface area contributed by atoms with E-state index in [1.165, 1.54) is 0 Å². The maximum Gasteiger partial charge on any atom is 0.407 e. The number of benzene rings is 1. The van der Waals surface area contributed by atoms with Crippen molar-refractivity contribution in [3.05, 3.63) is 29.8 Å². The summed E-state index contributed by atoms with van der Waals surface area (Å²) < 4.78 is 5.22. The summed E-state index contributed by atoms with van der Waals surface area (Å²) >= 11 is 0. The highest BCUT2D eigenvalue weighted by atomic mass is 16.5. The van der Waals surface area contributed by atoms with Gasteiger partial charge in [0.2, 0.25) is 0 Å². The maximum absolute atomic E-state index is 11.5. The summed E-state index contributed by atoms with van der Waals surface area (Å²) in [4.78, 5) is 11.5. The zero-order chi connectivity index (χ0) is 14.3. The average molecular weight is 265 g/mol. The predicted octanol–water partition coefficient (Wildman–Crippen LogP) is 3.20. The van der Waals surface area contributed by atoms with Gasteiger partial charge in [-0.25, -0.2) is 4.79 Å². The molecule has 106 valence electrons. The summed E-state index contributed by atoms with van der Waals surface area (Å²) in [6, 6.07) is 7.02. The number of phenolic OH excluding ortho intramolecular Hbond substituents is 1. The van der Waals surface area contributed by atoms with Crippen molar-refractivity contribution >= 4 is 6.09 Å². The number of aromatic hydroxyl groups is 1. The Morgan fingerprint density at radius 1 is 1.42 bits per heavy atom. The van der Waals surface area contributed by atoms with Crippen LogP contribution in [-0.4, -0.2) is 24.4 Å². The molecule has 0 fully saturated rings. The minimum atomic E-state index is -0.387. The van der Waals surface area contributed by atoms with Gasteiger partial charge in [0.05, 0.1) is 0 Å². The highest BCUT2D eigenvalue weighted by Crippen LogP contribution is 2.26. The molecule has 0 aliphatic carbocycles. The van der Waals surface area contributed by atoms with Crippen molar-refractivity contribution in [1.29, 1.82) is 0 Å². The van der Waals surface area contributed by atoms with Gasteiger partial charge in [0, 0.05) is 12.0 Å². The fourth-order valence-electron chi connectivity index (χ4n) is 1.67. The van der Waals surface area contributed by atoms with Gasteiger partial charge in [0.15, 0.2) is 0 Å². The van der Waals surface area contributed by atoms with Crippen LogP contribution < -0.4 is 5.32 Å². The minimum Gasteiger partial charge on any atom is -0.508 e. The standard InChI is InChI=1S/C15H23NO3/c1-4-5-9-16-14(18)19-11-15(2,3)12-7-6-8-13(17)10-12/h6-8,10,17H,4-5,9,11H2,1-3H3,(H,16,18). The summed E-state index contributed by atoms with van der Waals surface area (Å²) in [5.74, 6) is 0.220. The fraction of sp³-hybridized carbons (Fsp3) is 0.533. The first kappa shape index (κ1) is 15.3. The topological polar surface area (TPSA) is 58.6 Å². The van der Waals surface area contributed by atoms with E-state index in [2.05, 4.69) is 12.2 Å². The summed E-state index contributed by atoms with van der Waals surface area (Å²) in [5, 5.41) is 12.2. The zero-order valence-electron chi connectivity index (χ0n) is 11.9. The third kappa shape index (κ3) is 5.20. The summed E-state index contributed by atoms with van der Waals surface area (Å²) in [6.45, 7) is 6.93. The predicted molar refractivity (Wildman–Crippen MR) is 75.4 cm³/mol. The van der Waals surface area contributed by atoms with E-state index in [1.807, 2.05) is 19.9 Å². The van der Waals surface area contributed by atoms with Gasteiger partial charge in [-0.05, 0) is 24.1 Å². The molecule has 4 nitrogen and oxygen atoms in total. The van der Waals surface area contributed by atoms with Gasteiger partial charge in [-0.15, -0.1) is 0 Å². The van der Waals surface area contributed by atoms with Crippen LogP contribution in [0.5, 0.6) is 5.75 Å². The molecule has 0 unspecified atom stereocenters. The lowest BCUT2D eigenvalue weighted by Crippen LogP contribution is -2.31. The van der Waals surface area contributed by atoms with E-state index in [9.17, 15) is 9.90 Å². The number of hydrogen-bond donors (Lipinski definition) is 2. The minimum absolute atomic E-state index is 0.220. The number of rotatable bonds is 6. The quantitative estimate of drug-likeness (QED) is 0.777. The van der Waals surface area contributed by atoms with Crippen molar-refractivity contribution < 1.29 is 14.6 Å². The average Bonchev–Trinajstić information content (AvgIpc) is 2.37. The molecule has 0 spiro atoms. The number of phenols is 1. The molecule has 0 aromatic heterocycles. The Labute approximate surface area is 114 Å². The van der Waals surface area contributed by atoms with Gasteiger partial charge < -0.3 is 15.2 Å². The van der Waals surface area contributed by atoms with Crippen LogP contribution in [-0.2, 0) is 10.2 Å². The van der Waals surface area contributed by atoms with Crippen LogP contribution in [0.3, 0.4) is 0 Å². The smallest absolute Gasteiger partial charge is 0.407 e. The van der Waals surface area contributed by atoms with E-state index >= 15 is 0 Å². The lowest BCUT2D eigenvalue weighted by atomic mass is 9.85. The Hall–Kier alpha value is -1.71. The molecular formula is C15H23NO3. The molecule has 0 saturated heterocycles. The Bertz CT molecular complexity index is 416. The molecule has 0 aliphatic rings. The van der Waals surface area contributed by atoms with E-state index in [0.29, 0.717) is 6.54 Å². The molecule has 0 saturated carbocycles. The molecule has 0 heterocycles. The van der Waals surface area contributed by atoms with Crippen molar-refractivity contribution in [2.24, 2.45) is 0 Å². The number of hydrogen-bond acceptors (Lipinski definition) is 3. The van der Waals surface area contributed by atoms with E-state index < -0.39 is 0 Å². The fourth-order valence-corrected chi connectivity index (χ4v) is 1.67. The Kier molecular flexibility index (Phi) is 5.67. The number of alkyl carbamates (subject to hydrolysis) is 1. The first-order chi connectivity index (χ1) is 8.95. The number of ether oxygens (including phenoxy) is 1. The number of amides is 1. The Balaban J connectivity index is 2.48. The van der Waals surface area contributed by atoms with Gasteiger partial charge in [-0.2, -0.15) is 0 Å². The molecule has 19 heavy (non-hydrogen) atoms. The Morgan fingerprint density at radius 3 is 2.79 bits per heavy atom. The van der Waals surface area contributed by atoms with Crippen molar-refractivity contribution in [3.8, 4) is 5.75 Å². The molecule has 0 bridgehead atoms. The van der Waals surface area contributed by atoms with Crippen LogP contribution in [0, 0.1) is 0 Å². The largest absolute Gasteiger partial charge is 0.508 e. The molecule has 1 rings (SSSR count). The van der Waals surface area contributed by atoms with Crippen LogP contribution in [0.25, 0.3) is 0 Å². The second-order valence-corrected chi connectivity index (χ2v) is 5.29. The maximum atomic E-state index is 11.5. The van der Waals surface area contributed by atoms with Gasteiger partial charge in [-0.3, -0.25) is 0 Å². The van der Waals surface area contributed by atoms with Crippen LogP contribution in [0.15, 0.2) is 24.3 Å². The summed E-state index contributed by atoms with van der Waals surface area (Å²) in [5.41, 5.74) is 0.606. The first-order valence-corrected chi connectivity index (χ1v) is 6.66. The number of unbranched alkanes of at least 4 members (excludes halogenated alkanes) is 1. The van der Waals surface area contributed by atoms with Crippen molar-refractivity contribution in [1.82, 2.24) is 5.32 Å². The molecule has 1 aromatic rings. The molecule has 0 atom stereocenters. The van der Waals surface area contributed by atoms with E-state index in [4.69, 9.17) is 4.74 Å². The van der Waals surface area contributed by atoms with Gasteiger partial charge in [0.25, 0.3) is 0 Å². The van der Waals surface area contributed by atoms with E-state index in [1.54, 1.807) is 18.2 Å². The third-order valence-corrected chi connectivity index (χ3v) is 2.99. The lowest BCUT2D eigenvalue weighted by molar-refractivity contribution is 0.123. The second-order valence-electron chi connectivity index (χ2n) is 5.29. The highest BCUT2D eigenvalue weighted by molar-refractivity contribution is 5.67. The Morgan fingerprint density at radius 2 is 2.16 bits per heavy atom.